The second-order valence-corrected chi connectivity index (χ2v) is 24.4. The predicted octanol–water partition coefficient (Wildman–Crippen LogP) is -1.95. The number of fused-ring (bicyclic) bond motifs is 5. The van der Waals surface area contributed by atoms with E-state index in [0.717, 1.165) is 44.1 Å². The summed E-state index contributed by atoms with van der Waals surface area (Å²) in [7, 11) is 0. The first-order chi connectivity index (χ1) is 34.9. The van der Waals surface area contributed by atoms with Gasteiger partial charge in [-0.3, -0.25) is 0 Å². The molecule has 0 aromatic rings. The normalized spacial score (nSPS) is 51.8. The summed E-state index contributed by atoms with van der Waals surface area (Å²) in [6, 6.07) is 0. The third-order valence-corrected chi connectivity index (χ3v) is 20.0. The van der Waals surface area contributed by atoms with Crippen molar-refractivity contribution < 1.29 is 109 Å². The number of aliphatic hydroxyl groups excluding tert-OH is 14. The Morgan fingerprint density at radius 1 is 0.581 bits per heavy atom. The second-order valence-electron chi connectivity index (χ2n) is 24.4. The monoisotopic (exact) mass is 1060 g/mol. The molecule has 22 heteroatoms. The minimum absolute atomic E-state index is 0.0187. The van der Waals surface area contributed by atoms with E-state index in [1.54, 1.807) is 0 Å². The number of ether oxygens (including phenoxy) is 8. The van der Waals surface area contributed by atoms with Crippen molar-refractivity contribution in [2.45, 2.75) is 235 Å². The standard InChI is InChI=1S/C52H88O22/c1-23(2)8-7-9-27(69-46-42(65)39(62)37(60)30(72-46)21-68-45-41(64)34(57)26(56)20-67-45)24-12-15-50(5)25(24)10-11-32-51(50,6)16-13-31-49(3,4)33(14-17-52(31,32)22-55)73-48-44(40(63)36(59)29(19-54)71-48)74-47-43(66)38(61)35(58)28(18-53)70-47/h8,24-48,53-66H,7,9-22H2,1-6H3/t24?,25?,26-,27?,28-,29-,30-,31?,32?,33?,34+,35-,36-,37-,38+,39+,40+,41-,42-,43-,44-,45-,46-,47+,48+,50?,51?,52?/m1/s1. The summed E-state index contributed by atoms with van der Waals surface area (Å²) in [5.41, 5.74) is -0.446. The van der Waals surface area contributed by atoms with Gasteiger partial charge in [0.2, 0.25) is 0 Å². The highest BCUT2D eigenvalue weighted by atomic mass is 16.8. The molecule has 0 aromatic heterocycles. The third-order valence-electron chi connectivity index (χ3n) is 20.0. The first kappa shape index (κ1) is 59.0. The lowest BCUT2D eigenvalue weighted by Gasteiger charge is -2.70. The van der Waals surface area contributed by atoms with Gasteiger partial charge < -0.3 is 109 Å². The molecule has 4 heterocycles. The van der Waals surface area contributed by atoms with Crippen LogP contribution in [0.15, 0.2) is 11.6 Å². The Bertz CT molecular complexity index is 1870. The van der Waals surface area contributed by atoms with E-state index in [0.29, 0.717) is 25.7 Å². The smallest absolute Gasteiger partial charge is 0.187 e. The molecule has 4 saturated carbocycles. The van der Waals surface area contributed by atoms with Gasteiger partial charge in [-0.05, 0) is 118 Å². The van der Waals surface area contributed by atoms with E-state index in [-0.39, 0.29) is 47.7 Å². The van der Waals surface area contributed by atoms with Gasteiger partial charge >= 0.3 is 0 Å². The fraction of sp³-hybridized carbons (Fsp3) is 0.962. The molecule has 0 bridgehead atoms. The van der Waals surface area contributed by atoms with Crippen molar-refractivity contribution >= 4 is 0 Å². The van der Waals surface area contributed by atoms with Crippen LogP contribution < -0.4 is 0 Å². The Morgan fingerprint density at radius 2 is 1.18 bits per heavy atom. The minimum atomic E-state index is -1.81. The molecule has 4 aliphatic heterocycles. The first-order valence-electron chi connectivity index (χ1n) is 27.0. The van der Waals surface area contributed by atoms with E-state index < -0.39 is 160 Å². The summed E-state index contributed by atoms with van der Waals surface area (Å²) in [6.45, 7) is 10.9. The number of hydrogen-bond acceptors (Lipinski definition) is 22. The molecule has 28 atom stereocenters. The largest absolute Gasteiger partial charge is 0.396 e. The van der Waals surface area contributed by atoms with Gasteiger partial charge in [0.15, 0.2) is 25.2 Å². The Kier molecular flexibility index (Phi) is 18.5. The summed E-state index contributed by atoms with van der Waals surface area (Å²) in [5.74, 6) is 0.239. The predicted molar refractivity (Wildman–Crippen MR) is 256 cm³/mol. The number of rotatable bonds is 16. The van der Waals surface area contributed by atoms with Crippen molar-refractivity contribution in [1.29, 1.82) is 0 Å². The lowest BCUT2D eigenvalue weighted by atomic mass is 9.35. The number of aliphatic hydroxyl groups is 14. The van der Waals surface area contributed by atoms with Crippen LogP contribution in [0, 0.1) is 45.3 Å². The molecular formula is C52H88O22. The lowest BCUT2D eigenvalue weighted by molar-refractivity contribution is -0.379. The molecule has 0 spiro atoms. The van der Waals surface area contributed by atoms with Crippen molar-refractivity contribution in [1.82, 2.24) is 0 Å². The quantitative estimate of drug-likeness (QED) is 0.0590. The maximum Gasteiger partial charge on any atom is 0.187 e. The summed E-state index contributed by atoms with van der Waals surface area (Å²) in [5, 5.41) is 150. The Hall–Kier alpha value is -1.14. The van der Waals surface area contributed by atoms with Crippen LogP contribution >= 0.6 is 0 Å². The molecule has 22 nitrogen and oxygen atoms in total. The van der Waals surface area contributed by atoms with E-state index in [4.69, 9.17) is 37.9 Å². The average Bonchev–Trinajstić information content (AvgIpc) is 3.73. The van der Waals surface area contributed by atoms with Gasteiger partial charge in [-0.25, -0.2) is 0 Å². The number of allylic oxidation sites excluding steroid dienone is 2. The molecule has 4 saturated heterocycles. The lowest BCUT2D eigenvalue weighted by Crippen LogP contribution is -2.67. The van der Waals surface area contributed by atoms with Crippen LogP contribution in [0.3, 0.4) is 0 Å². The zero-order valence-corrected chi connectivity index (χ0v) is 43.6. The summed E-state index contributed by atoms with van der Waals surface area (Å²) in [4.78, 5) is 0. The maximum absolute atomic E-state index is 11.8. The Labute approximate surface area is 433 Å². The van der Waals surface area contributed by atoms with Crippen LogP contribution in [-0.2, 0) is 37.9 Å². The van der Waals surface area contributed by atoms with Crippen LogP contribution in [0.4, 0.5) is 0 Å². The maximum atomic E-state index is 11.8. The molecule has 0 radical (unpaired) electrons. The second kappa shape index (κ2) is 23.1. The third kappa shape index (κ3) is 10.5. The van der Waals surface area contributed by atoms with Gasteiger partial charge in [0.05, 0.1) is 38.6 Å². The molecular weight excluding hydrogens is 977 g/mol. The Balaban J connectivity index is 0.992. The minimum Gasteiger partial charge on any atom is -0.396 e. The fourth-order valence-corrected chi connectivity index (χ4v) is 15.6. The van der Waals surface area contributed by atoms with Crippen molar-refractivity contribution in [3.05, 3.63) is 11.6 Å². The average molecular weight is 1070 g/mol. The van der Waals surface area contributed by atoms with Crippen molar-refractivity contribution in [2.75, 3.05) is 33.0 Å². The molecule has 14 N–H and O–H groups in total. The zero-order valence-electron chi connectivity index (χ0n) is 43.6. The fourth-order valence-electron chi connectivity index (χ4n) is 15.6. The van der Waals surface area contributed by atoms with E-state index in [1.807, 2.05) is 13.8 Å². The van der Waals surface area contributed by atoms with Crippen LogP contribution in [0.5, 0.6) is 0 Å². The molecule has 0 amide bonds. The van der Waals surface area contributed by atoms with Crippen molar-refractivity contribution in [3.63, 3.8) is 0 Å². The molecule has 0 aromatic carbocycles. The van der Waals surface area contributed by atoms with Crippen molar-refractivity contribution in [3.8, 4) is 0 Å². The first-order valence-corrected chi connectivity index (χ1v) is 27.0. The van der Waals surface area contributed by atoms with Gasteiger partial charge in [0, 0.05) is 12.0 Å². The summed E-state index contributed by atoms with van der Waals surface area (Å²) >= 11 is 0. The van der Waals surface area contributed by atoms with Crippen LogP contribution in [-0.4, -0.2) is 233 Å². The van der Waals surface area contributed by atoms with Gasteiger partial charge in [-0.1, -0.05) is 39.3 Å². The van der Waals surface area contributed by atoms with E-state index in [9.17, 15) is 71.5 Å². The van der Waals surface area contributed by atoms with Gasteiger partial charge in [0.1, 0.15) is 91.6 Å². The van der Waals surface area contributed by atoms with E-state index in [2.05, 4.69) is 33.8 Å². The van der Waals surface area contributed by atoms with Gasteiger partial charge in [-0.15, -0.1) is 0 Å². The molecule has 4 aliphatic carbocycles. The summed E-state index contributed by atoms with van der Waals surface area (Å²) < 4.78 is 48.5. The molecule has 74 heavy (non-hydrogen) atoms. The topological polar surface area (TPSA) is 357 Å². The van der Waals surface area contributed by atoms with Gasteiger partial charge in [0.25, 0.3) is 0 Å². The Morgan fingerprint density at radius 3 is 1.82 bits per heavy atom. The van der Waals surface area contributed by atoms with Crippen LogP contribution in [0.1, 0.15) is 106 Å². The molecule has 8 rings (SSSR count). The molecule has 8 aliphatic rings. The highest BCUT2D eigenvalue weighted by Gasteiger charge is 2.71. The van der Waals surface area contributed by atoms with E-state index in [1.165, 1.54) is 0 Å². The van der Waals surface area contributed by atoms with E-state index >= 15 is 0 Å². The highest BCUT2D eigenvalue weighted by Crippen LogP contribution is 2.75. The zero-order chi connectivity index (χ0) is 54.0. The molecule has 428 valence electrons. The van der Waals surface area contributed by atoms with Gasteiger partial charge in [-0.2, -0.15) is 0 Å². The van der Waals surface area contributed by atoms with Crippen LogP contribution in [0.25, 0.3) is 0 Å². The highest BCUT2D eigenvalue weighted by molar-refractivity contribution is 5.19. The number of hydrogen-bond donors (Lipinski definition) is 14. The van der Waals surface area contributed by atoms with Crippen LogP contribution in [0.2, 0.25) is 0 Å². The SMILES string of the molecule is CC(C)=CCCC(O[C@@H]1O[C@H](CO[C@H]2OC[C@@H](O)[C@H](O)[C@H]2O)[C@@H](O)[C@H](O)[C@H]1O)C1CCC2(C)C1CCC1C3(CO)CCC(O[C@@H]4O[C@H](CO)[C@@H](O)[C@H](O)[C@H]4O[C@@H]4O[C@H](CO)[C@@H](O)[C@H](O)[C@H]4O)C(C)(C)C3CCC12C. The molecule has 8 fully saturated rings. The summed E-state index contributed by atoms with van der Waals surface area (Å²) in [6.07, 6.45) is -20.6. The molecule has 9 unspecified atom stereocenters. The van der Waals surface area contributed by atoms with Crippen molar-refractivity contribution in [2.24, 2.45) is 45.3 Å².